The van der Waals surface area contributed by atoms with E-state index >= 15 is 0 Å². The Bertz CT molecular complexity index is 1520. The van der Waals surface area contributed by atoms with Crippen LogP contribution in [0.5, 0.6) is 0 Å². The number of hydrogen-bond acceptors (Lipinski definition) is 9. The number of halogens is 1. The zero-order valence-electron chi connectivity index (χ0n) is 19.8. The zero-order chi connectivity index (χ0) is 28.0. The number of alkyl halides is 1. The number of nitro benzene ring substituents is 3. The van der Waals surface area contributed by atoms with Gasteiger partial charge >= 0.3 is 5.97 Å². The van der Waals surface area contributed by atoms with E-state index in [1.54, 1.807) is 30.3 Å². The highest BCUT2D eigenvalue weighted by molar-refractivity contribution is 8.00. The molecule has 2 N–H and O–H groups in total. The standard InChI is InChI=1S/C25H19ClN4O8S/c26-22-19(39-18-4-2-1-3-16(18)29(35)36)11-15-20(22)21-17(30(37)38)10-9-14(25(31)32)24(21)27-23(15)12-5-7-13(8-6-12)28(33)34/h1-10,15,19-20,22-23,27H,11H2,(H,31,32). The summed E-state index contributed by atoms with van der Waals surface area (Å²) in [6.07, 6.45) is 0.387. The van der Waals surface area contributed by atoms with Crippen LogP contribution >= 0.6 is 23.4 Å². The first-order valence-electron chi connectivity index (χ1n) is 11.7. The topological polar surface area (TPSA) is 179 Å². The molecule has 0 saturated heterocycles. The van der Waals surface area contributed by atoms with Crippen molar-refractivity contribution in [1.82, 2.24) is 0 Å². The van der Waals surface area contributed by atoms with Crippen molar-refractivity contribution in [3.63, 3.8) is 0 Å². The molecule has 0 amide bonds. The molecule has 1 heterocycles. The Morgan fingerprint density at radius 1 is 0.923 bits per heavy atom. The minimum absolute atomic E-state index is 0.0725. The summed E-state index contributed by atoms with van der Waals surface area (Å²) in [5.41, 5.74) is 0.202. The number of thioether (sulfide) groups is 1. The normalized spacial score (nSPS) is 23.3. The van der Waals surface area contributed by atoms with E-state index in [-0.39, 0.29) is 39.8 Å². The molecule has 1 aliphatic heterocycles. The smallest absolute Gasteiger partial charge is 0.337 e. The average molecular weight is 571 g/mol. The number of nitro groups is 3. The third-order valence-electron chi connectivity index (χ3n) is 7.18. The third kappa shape index (κ3) is 4.63. The second kappa shape index (κ2) is 10.2. The number of fused-ring (bicyclic) bond motifs is 3. The monoisotopic (exact) mass is 570 g/mol. The minimum atomic E-state index is -1.29. The van der Waals surface area contributed by atoms with Crippen LogP contribution in [0, 0.1) is 36.3 Å². The summed E-state index contributed by atoms with van der Waals surface area (Å²) in [5, 5.41) is 46.7. The molecular weight excluding hydrogens is 552 g/mol. The molecule has 0 aromatic heterocycles. The lowest BCUT2D eigenvalue weighted by molar-refractivity contribution is -0.387. The van der Waals surface area contributed by atoms with Gasteiger partial charge in [-0.3, -0.25) is 30.3 Å². The van der Waals surface area contributed by atoms with E-state index in [1.165, 1.54) is 30.0 Å². The van der Waals surface area contributed by atoms with E-state index in [2.05, 4.69) is 5.32 Å². The number of aromatic carboxylic acids is 1. The summed E-state index contributed by atoms with van der Waals surface area (Å²) in [4.78, 5) is 45.7. The van der Waals surface area contributed by atoms with Gasteiger partial charge in [-0.15, -0.1) is 23.4 Å². The van der Waals surface area contributed by atoms with Crippen LogP contribution in [0.1, 0.15) is 39.9 Å². The second-order valence-electron chi connectivity index (χ2n) is 9.20. The van der Waals surface area contributed by atoms with Crippen molar-refractivity contribution in [2.45, 2.75) is 33.9 Å². The Morgan fingerprint density at radius 2 is 1.59 bits per heavy atom. The van der Waals surface area contributed by atoms with Gasteiger partial charge in [0, 0.05) is 35.4 Å². The third-order valence-corrected chi connectivity index (χ3v) is 9.29. The van der Waals surface area contributed by atoms with E-state index in [0.717, 1.165) is 12.1 Å². The van der Waals surface area contributed by atoms with Crippen molar-refractivity contribution in [3.8, 4) is 0 Å². The van der Waals surface area contributed by atoms with Crippen molar-refractivity contribution in [2.24, 2.45) is 5.92 Å². The highest BCUT2D eigenvalue weighted by Crippen LogP contribution is 2.60. The Labute approximate surface area is 229 Å². The SMILES string of the molecule is O=C(O)c1ccc([N+](=O)[O-])c2c1NC(c1ccc([N+](=O)[O-])cc1)C1CC(Sc3ccccc3[N+](=O)[O-])C(Cl)C21. The molecule has 5 unspecified atom stereocenters. The summed E-state index contributed by atoms with van der Waals surface area (Å²) >= 11 is 8.22. The number of hydrogen-bond donors (Lipinski definition) is 2. The van der Waals surface area contributed by atoms with Crippen LogP contribution in [0.4, 0.5) is 22.7 Å². The number of para-hydroxylation sites is 1. The zero-order valence-corrected chi connectivity index (χ0v) is 21.4. The maximum atomic E-state index is 12.1. The molecule has 3 aromatic rings. The number of rotatable bonds is 7. The number of nitrogens with one attached hydrogen (secondary N) is 1. The van der Waals surface area contributed by atoms with Gasteiger partial charge in [-0.2, -0.15) is 0 Å². The fourth-order valence-electron chi connectivity index (χ4n) is 5.55. The average Bonchev–Trinajstić information content (AvgIpc) is 3.23. The van der Waals surface area contributed by atoms with Gasteiger partial charge in [-0.1, -0.05) is 24.3 Å². The molecule has 5 atom stereocenters. The van der Waals surface area contributed by atoms with Crippen LogP contribution in [0.2, 0.25) is 0 Å². The fraction of sp³-hybridized carbons (Fsp3) is 0.240. The summed E-state index contributed by atoms with van der Waals surface area (Å²) in [7, 11) is 0. The molecule has 12 nitrogen and oxygen atoms in total. The van der Waals surface area contributed by atoms with Crippen molar-refractivity contribution in [1.29, 1.82) is 0 Å². The fourth-order valence-corrected chi connectivity index (χ4v) is 7.48. The van der Waals surface area contributed by atoms with Gasteiger partial charge in [0.25, 0.3) is 17.1 Å². The number of non-ortho nitro benzene ring substituents is 1. The number of benzene rings is 3. The van der Waals surface area contributed by atoms with Gasteiger partial charge in [-0.25, -0.2) is 4.79 Å². The first-order chi connectivity index (χ1) is 18.6. The molecule has 5 rings (SSSR count). The van der Waals surface area contributed by atoms with Crippen LogP contribution in [-0.4, -0.2) is 36.5 Å². The van der Waals surface area contributed by atoms with E-state index in [9.17, 15) is 40.2 Å². The maximum Gasteiger partial charge on any atom is 0.337 e. The lowest BCUT2D eigenvalue weighted by Gasteiger charge is -2.38. The summed E-state index contributed by atoms with van der Waals surface area (Å²) in [5.74, 6) is -2.35. The quantitative estimate of drug-likeness (QED) is 0.190. The van der Waals surface area contributed by atoms with Gasteiger partial charge in [0.15, 0.2) is 0 Å². The highest BCUT2D eigenvalue weighted by atomic mass is 35.5. The van der Waals surface area contributed by atoms with Crippen LogP contribution in [0.15, 0.2) is 65.6 Å². The molecule has 1 aliphatic carbocycles. The molecule has 200 valence electrons. The van der Waals surface area contributed by atoms with Crippen LogP contribution in [0.25, 0.3) is 0 Å². The Balaban J connectivity index is 1.65. The molecule has 0 bridgehead atoms. The number of nitrogens with zero attached hydrogens (tertiary/aromatic N) is 3. The molecule has 3 aromatic carbocycles. The molecule has 0 radical (unpaired) electrons. The molecule has 0 spiro atoms. The lowest BCUT2D eigenvalue weighted by Crippen LogP contribution is -2.33. The number of anilines is 1. The summed E-state index contributed by atoms with van der Waals surface area (Å²) in [6.45, 7) is 0. The molecule has 1 fully saturated rings. The number of carbonyl (C=O) groups is 1. The maximum absolute atomic E-state index is 12.1. The van der Waals surface area contributed by atoms with E-state index in [0.29, 0.717) is 16.9 Å². The Kier molecular flexibility index (Phi) is 6.87. The largest absolute Gasteiger partial charge is 0.478 e. The molecular formula is C25H19ClN4O8S. The predicted molar refractivity (Wildman–Crippen MR) is 143 cm³/mol. The van der Waals surface area contributed by atoms with Crippen molar-refractivity contribution < 1.29 is 24.7 Å². The Hall–Kier alpha value is -4.23. The van der Waals surface area contributed by atoms with E-state index in [1.807, 2.05) is 0 Å². The second-order valence-corrected chi connectivity index (χ2v) is 11.0. The van der Waals surface area contributed by atoms with Crippen LogP contribution in [-0.2, 0) is 0 Å². The molecule has 39 heavy (non-hydrogen) atoms. The predicted octanol–water partition coefficient (Wildman–Crippen LogP) is 6.15. The Morgan fingerprint density at radius 3 is 2.21 bits per heavy atom. The van der Waals surface area contributed by atoms with E-state index < -0.39 is 43.3 Å². The van der Waals surface area contributed by atoms with Crippen molar-refractivity contribution >= 4 is 52.1 Å². The molecule has 14 heteroatoms. The molecule has 1 saturated carbocycles. The van der Waals surface area contributed by atoms with Gasteiger partial charge in [0.2, 0.25) is 0 Å². The lowest BCUT2D eigenvalue weighted by atomic mass is 9.75. The summed E-state index contributed by atoms with van der Waals surface area (Å²) in [6, 6.07) is 13.7. The first-order valence-corrected chi connectivity index (χ1v) is 13.0. The summed E-state index contributed by atoms with van der Waals surface area (Å²) < 4.78 is 0. The van der Waals surface area contributed by atoms with Crippen LogP contribution < -0.4 is 5.32 Å². The van der Waals surface area contributed by atoms with Gasteiger partial charge < -0.3 is 10.4 Å². The highest BCUT2D eigenvalue weighted by Gasteiger charge is 2.53. The molecule has 2 aliphatic rings. The van der Waals surface area contributed by atoms with Gasteiger partial charge in [-0.05, 0) is 30.0 Å². The van der Waals surface area contributed by atoms with E-state index in [4.69, 9.17) is 11.6 Å². The van der Waals surface area contributed by atoms with Crippen molar-refractivity contribution in [2.75, 3.05) is 5.32 Å². The van der Waals surface area contributed by atoms with Gasteiger partial charge in [0.05, 0.1) is 47.9 Å². The minimum Gasteiger partial charge on any atom is -0.478 e. The van der Waals surface area contributed by atoms with Crippen LogP contribution in [0.3, 0.4) is 0 Å². The van der Waals surface area contributed by atoms with Crippen molar-refractivity contribution in [3.05, 3.63) is 108 Å². The van der Waals surface area contributed by atoms with Gasteiger partial charge in [0.1, 0.15) is 0 Å². The first kappa shape index (κ1) is 26.4. The number of carboxylic acids is 1. The number of carboxylic acid groups (broad SMARTS) is 1.